The standard InChI is InChI=1S/C34H56O4Si/c1-9-12-15-16-17-18-19-21-24-33(36)37-28(22-20-13-10-2)25-26-30-29(23-14-11-3)31(35)27-32(30)38-39(7,8)34(4,5)6/h25-26,28-30,32H,10,13,15-24,27H2,1-8H3/b26-25+/t28-,29+,30+,32+/m0/s1. The van der Waals surface area contributed by atoms with Crippen LogP contribution >= 0.6 is 0 Å². The normalized spacial score (nSPS) is 20.3. The third-order valence-electron chi connectivity index (χ3n) is 8.24. The minimum absolute atomic E-state index is 0.0442. The highest BCUT2D eigenvalue weighted by Gasteiger charge is 2.46. The van der Waals surface area contributed by atoms with Crippen LogP contribution in [-0.2, 0) is 18.8 Å². The molecule has 0 spiro atoms. The molecule has 0 N–H and O–H groups in total. The Balaban J connectivity index is 2.90. The maximum absolute atomic E-state index is 13.1. The summed E-state index contributed by atoms with van der Waals surface area (Å²) >= 11 is 0. The highest BCUT2D eigenvalue weighted by Crippen LogP contribution is 2.42. The minimum atomic E-state index is -2.06. The van der Waals surface area contributed by atoms with E-state index in [1.54, 1.807) is 0 Å². The highest BCUT2D eigenvalue weighted by molar-refractivity contribution is 6.74. The molecule has 0 aromatic carbocycles. The van der Waals surface area contributed by atoms with Gasteiger partial charge in [-0.3, -0.25) is 9.59 Å². The van der Waals surface area contributed by atoms with Crippen LogP contribution in [0, 0.1) is 35.5 Å². The van der Waals surface area contributed by atoms with Gasteiger partial charge in [-0.05, 0) is 63.7 Å². The monoisotopic (exact) mass is 556 g/mol. The molecule has 0 unspecified atom stereocenters. The Labute approximate surface area is 241 Å². The van der Waals surface area contributed by atoms with Crippen molar-refractivity contribution < 1.29 is 18.8 Å². The van der Waals surface area contributed by atoms with E-state index in [2.05, 4.69) is 70.5 Å². The van der Waals surface area contributed by atoms with Crippen molar-refractivity contribution >= 4 is 20.1 Å². The van der Waals surface area contributed by atoms with Gasteiger partial charge in [0.05, 0.1) is 6.10 Å². The van der Waals surface area contributed by atoms with Gasteiger partial charge in [-0.1, -0.05) is 65.9 Å². The van der Waals surface area contributed by atoms with Gasteiger partial charge < -0.3 is 9.16 Å². The van der Waals surface area contributed by atoms with Gasteiger partial charge in [0, 0.05) is 37.5 Å². The van der Waals surface area contributed by atoms with Crippen LogP contribution in [0.25, 0.3) is 0 Å². The molecule has 0 saturated heterocycles. The van der Waals surface area contributed by atoms with Crippen LogP contribution in [0.3, 0.4) is 0 Å². The van der Waals surface area contributed by atoms with E-state index >= 15 is 0 Å². The summed E-state index contributed by atoms with van der Waals surface area (Å²) in [5, 5.41) is 0.0629. The summed E-state index contributed by atoms with van der Waals surface area (Å²) in [5.74, 6) is 12.0. The van der Waals surface area contributed by atoms with Gasteiger partial charge in [-0.25, -0.2) is 0 Å². The van der Waals surface area contributed by atoms with Gasteiger partial charge >= 0.3 is 5.97 Å². The number of ketones is 1. The van der Waals surface area contributed by atoms with E-state index < -0.39 is 8.32 Å². The smallest absolute Gasteiger partial charge is 0.306 e. The average Bonchev–Trinajstić information content (AvgIpc) is 3.14. The average molecular weight is 557 g/mol. The third kappa shape index (κ3) is 13.4. The van der Waals surface area contributed by atoms with Crippen LogP contribution < -0.4 is 0 Å². The van der Waals surface area contributed by atoms with E-state index in [1.807, 2.05) is 19.9 Å². The topological polar surface area (TPSA) is 52.6 Å². The van der Waals surface area contributed by atoms with Crippen molar-refractivity contribution in [2.45, 2.75) is 155 Å². The number of hydrogen-bond acceptors (Lipinski definition) is 4. The van der Waals surface area contributed by atoms with Crippen molar-refractivity contribution in [1.29, 1.82) is 0 Å². The number of unbranched alkanes of at least 4 members (excludes halogenated alkanes) is 7. The molecule has 4 nitrogen and oxygen atoms in total. The molecule has 0 amide bonds. The SMILES string of the molecule is CC#CCCCCCCCC(=O)O[C@H](/C=C/[C@H]1[C@H](O[Si](C)(C)C(C)(C)C)CC(=O)[C@@H]1CC#CC)CCCCC. The van der Waals surface area contributed by atoms with Gasteiger partial charge in [0.2, 0.25) is 0 Å². The number of rotatable bonds is 17. The predicted molar refractivity (Wildman–Crippen MR) is 166 cm³/mol. The number of hydrogen-bond donors (Lipinski definition) is 0. The second-order valence-electron chi connectivity index (χ2n) is 12.5. The molecule has 0 radical (unpaired) electrons. The molecular formula is C34H56O4Si. The lowest BCUT2D eigenvalue weighted by Gasteiger charge is -2.39. The fourth-order valence-electron chi connectivity index (χ4n) is 4.76. The maximum Gasteiger partial charge on any atom is 0.306 e. The summed E-state index contributed by atoms with van der Waals surface area (Å²) < 4.78 is 12.7. The lowest BCUT2D eigenvalue weighted by atomic mass is 9.90. The predicted octanol–water partition coefficient (Wildman–Crippen LogP) is 8.80. The van der Waals surface area contributed by atoms with Gasteiger partial charge in [0.15, 0.2) is 8.32 Å². The van der Waals surface area contributed by atoms with Gasteiger partial charge in [-0.2, -0.15) is 0 Å². The van der Waals surface area contributed by atoms with Crippen molar-refractivity contribution in [2.75, 3.05) is 0 Å². The van der Waals surface area contributed by atoms with Crippen molar-refractivity contribution in [3.05, 3.63) is 12.2 Å². The van der Waals surface area contributed by atoms with Crippen molar-refractivity contribution in [1.82, 2.24) is 0 Å². The largest absolute Gasteiger partial charge is 0.458 e. The second-order valence-corrected chi connectivity index (χ2v) is 17.3. The zero-order chi connectivity index (χ0) is 29.3. The molecule has 5 heteroatoms. The van der Waals surface area contributed by atoms with Crippen LogP contribution in [-0.4, -0.2) is 32.3 Å². The van der Waals surface area contributed by atoms with Gasteiger partial charge in [-0.15, -0.1) is 23.7 Å². The van der Waals surface area contributed by atoms with Gasteiger partial charge in [0.25, 0.3) is 0 Å². The zero-order valence-corrected chi connectivity index (χ0v) is 27.3. The second kappa shape index (κ2) is 18.5. The Hall–Kier alpha value is -1.82. The van der Waals surface area contributed by atoms with E-state index in [9.17, 15) is 9.59 Å². The molecule has 0 aliphatic heterocycles. The van der Waals surface area contributed by atoms with Crippen LogP contribution in [0.15, 0.2) is 12.2 Å². The number of carbonyl (C=O) groups is 2. The first kappa shape index (κ1) is 35.2. The fourth-order valence-corrected chi connectivity index (χ4v) is 6.11. The number of Topliss-reactive ketones (excluding diaryl/α,β-unsaturated/α-hetero) is 1. The molecule has 1 aliphatic rings. The number of esters is 1. The molecule has 0 bridgehead atoms. The van der Waals surface area contributed by atoms with Crippen molar-refractivity contribution in [3.63, 3.8) is 0 Å². The molecule has 1 saturated carbocycles. The van der Waals surface area contributed by atoms with E-state index in [-0.39, 0.29) is 40.8 Å². The Bertz CT molecular complexity index is 890. The first-order valence-electron chi connectivity index (χ1n) is 15.3. The summed E-state index contributed by atoms with van der Waals surface area (Å²) in [6.45, 7) is 17.0. The third-order valence-corrected chi connectivity index (χ3v) is 12.7. The Morgan fingerprint density at radius 3 is 2.33 bits per heavy atom. The van der Waals surface area contributed by atoms with Crippen LogP contribution in [0.5, 0.6) is 0 Å². The van der Waals surface area contributed by atoms with Crippen molar-refractivity contribution in [3.8, 4) is 23.7 Å². The number of carbonyl (C=O) groups excluding carboxylic acids is 2. The quantitative estimate of drug-likeness (QED) is 0.0590. The van der Waals surface area contributed by atoms with E-state index in [1.165, 1.54) is 0 Å². The van der Waals surface area contributed by atoms with Gasteiger partial charge in [0.1, 0.15) is 11.9 Å². The summed E-state index contributed by atoms with van der Waals surface area (Å²) in [5.41, 5.74) is 0. The Kier molecular flexibility index (Phi) is 16.7. The van der Waals surface area contributed by atoms with Crippen LogP contribution in [0.4, 0.5) is 0 Å². The maximum atomic E-state index is 13.1. The van der Waals surface area contributed by atoms with Crippen molar-refractivity contribution in [2.24, 2.45) is 11.8 Å². The lowest BCUT2D eigenvalue weighted by molar-refractivity contribution is -0.147. The summed E-state index contributed by atoms with van der Waals surface area (Å²) in [7, 11) is -2.06. The summed E-state index contributed by atoms with van der Waals surface area (Å²) in [6, 6.07) is 0. The molecule has 0 aromatic rings. The minimum Gasteiger partial charge on any atom is -0.458 e. The lowest BCUT2D eigenvalue weighted by Crippen LogP contribution is -2.45. The van der Waals surface area contributed by atoms with Crippen LogP contribution in [0.1, 0.15) is 125 Å². The Morgan fingerprint density at radius 1 is 1.03 bits per heavy atom. The van der Waals surface area contributed by atoms with E-state index in [4.69, 9.17) is 9.16 Å². The molecule has 4 atom stereocenters. The molecule has 1 aliphatic carbocycles. The number of ether oxygens (including phenoxy) is 1. The van der Waals surface area contributed by atoms with E-state index in [0.717, 1.165) is 64.2 Å². The molecular weight excluding hydrogens is 500 g/mol. The highest BCUT2D eigenvalue weighted by atomic mass is 28.4. The fraction of sp³-hybridized carbons (Fsp3) is 0.765. The molecule has 220 valence electrons. The molecule has 0 aromatic heterocycles. The molecule has 1 fully saturated rings. The first-order valence-corrected chi connectivity index (χ1v) is 18.2. The molecule has 0 heterocycles. The van der Waals surface area contributed by atoms with E-state index in [0.29, 0.717) is 19.3 Å². The Morgan fingerprint density at radius 2 is 1.69 bits per heavy atom. The molecule has 39 heavy (non-hydrogen) atoms. The zero-order valence-electron chi connectivity index (χ0n) is 26.3. The first-order chi connectivity index (χ1) is 18.5. The summed E-state index contributed by atoms with van der Waals surface area (Å²) in [6.07, 6.45) is 15.5. The van der Waals surface area contributed by atoms with Crippen LogP contribution in [0.2, 0.25) is 18.1 Å². The molecule has 1 rings (SSSR count). The summed E-state index contributed by atoms with van der Waals surface area (Å²) in [4.78, 5) is 25.8.